The van der Waals surface area contributed by atoms with Crippen LogP contribution in [0.2, 0.25) is 0 Å². The van der Waals surface area contributed by atoms with E-state index in [2.05, 4.69) is 5.32 Å². The third-order valence-electron chi connectivity index (χ3n) is 7.16. The predicted molar refractivity (Wildman–Crippen MR) is 163 cm³/mol. The Kier molecular flexibility index (Phi) is 7.80. The lowest BCUT2D eigenvalue weighted by Gasteiger charge is -2.23. The van der Waals surface area contributed by atoms with E-state index in [1.165, 1.54) is 11.8 Å². The molecule has 4 aromatic rings. The average Bonchev–Trinajstić information content (AvgIpc) is 3.61. The second-order valence-electron chi connectivity index (χ2n) is 10.5. The molecule has 0 saturated carbocycles. The van der Waals surface area contributed by atoms with Crippen molar-refractivity contribution in [2.75, 3.05) is 37.6 Å². The zero-order valence-electron chi connectivity index (χ0n) is 23.7. The molecule has 0 saturated heterocycles. The van der Waals surface area contributed by atoms with E-state index in [1.54, 1.807) is 16.7 Å². The first-order chi connectivity index (χ1) is 20.4. The minimum absolute atomic E-state index is 0.122. The van der Waals surface area contributed by atoms with Gasteiger partial charge in [-0.15, -0.1) is 11.8 Å². The Labute approximate surface area is 248 Å². The van der Waals surface area contributed by atoms with E-state index in [1.807, 2.05) is 86.6 Å². The van der Waals surface area contributed by atoms with Gasteiger partial charge in [-0.05, 0) is 47.9 Å². The summed E-state index contributed by atoms with van der Waals surface area (Å²) >= 11 is 1.51. The number of anilines is 1. The van der Waals surface area contributed by atoms with Crippen molar-refractivity contribution >= 4 is 29.4 Å². The number of aromatic nitrogens is 2. The number of hydrogen-bond acceptors (Lipinski definition) is 7. The number of methoxy groups -OCH3 is 1. The van der Waals surface area contributed by atoms with E-state index in [4.69, 9.17) is 19.3 Å². The predicted octanol–water partition coefficient (Wildman–Crippen LogP) is 5.22. The maximum Gasteiger partial charge on any atom is 0.240 e. The van der Waals surface area contributed by atoms with Gasteiger partial charge in [0.25, 0.3) is 0 Å². The first-order valence-corrected chi connectivity index (χ1v) is 14.9. The van der Waals surface area contributed by atoms with Crippen LogP contribution in [0, 0.1) is 5.92 Å². The van der Waals surface area contributed by atoms with Crippen LogP contribution in [0.15, 0.2) is 72.8 Å². The normalized spacial score (nSPS) is 15.9. The zero-order valence-corrected chi connectivity index (χ0v) is 24.5. The monoisotopic (exact) mass is 584 g/mol. The van der Waals surface area contributed by atoms with E-state index < -0.39 is 0 Å². The Balaban J connectivity index is 1.57. The Hall–Kier alpha value is -4.44. The fourth-order valence-electron chi connectivity index (χ4n) is 5.09. The van der Waals surface area contributed by atoms with E-state index in [9.17, 15) is 9.59 Å². The minimum atomic E-state index is -0.274. The summed E-state index contributed by atoms with van der Waals surface area (Å²) in [5, 5.41) is 7.82. The molecule has 6 rings (SSSR count). The molecule has 0 unspecified atom stereocenters. The molecule has 9 nitrogen and oxygen atoms in total. The Morgan fingerprint density at radius 1 is 1.07 bits per heavy atom. The van der Waals surface area contributed by atoms with Crippen LogP contribution in [0.25, 0.3) is 16.9 Å². The Bertz CT molecular complexity index is 1600. The van der Waals surface area contributed by atoms with Crippen LogP contribution in [0.5, 0.6) is 17.2 Å². The van der Waals surface area contributed by atoms with Gasteiger partial charge in [-0.25, -0.2) is 4.68 Å². The highest BCUT2D eigenvalue weighted by Crippen LogP contribution is 2.50. The molecule has 0 spiro atoms. The molecule has 2 aliphatic heterocycles. The number of benzene rings is 3. The summed E-state index contributed by atoms with van der Waals surface area (Å²) in [6.07, 6.45) is 0. The van der Waals surface area contributed by atoms with E-state index in [0.29, 0.717) is 29.6 Å². The summed E-state index contributed by atoms with van der Waals surface area (Å²) in [4.78, 5) is 28.6. The molecular weight excluding hydrogens is 552 g/mol. The molecule has 216 valence electrons. The number of nitrogens with one attached hydrogen (secondary N) is 1. The van der Waals surface area contributed by atoms with Crippen LogP contribution < -0.4 is 24.4 Å². The second kappa shape index (κ2) is 11.8. The molecule has 0 fully saturated rings. The summed E-state index contributed by atoms with van der Waals surface area (Å²) < 4.78 is 18.4. The van der Waals surface area contributed by atoms with Gasteiger partial charge in [0.15, 0.2) is 11.5 Å². The molecule has 1 atom stereocenters. The first-order valence-electron chi connectivity index (χ1n) is 13.8. The van der Waals surface area contributed by atoms with E-state index in [0.717, 1.165) is 28.1 Å². The van der Waals surface area contributed by atoms with Crippen LogP contribution in [0.3, 0.4) is 0 Å². The van der Waals surface area contributed by atoms with Crippen LogP contribution in [-0.2, 0) is 9.59 Å². The van der Waals surface area contributed by atoms with Gasteiger partial charge < -0.3 is 19.5 Å². The van der Waals surface area contributed by atoms with Gasteiger partial charge in [0.1, 0.15) is 18.1 Å². The molecule has 10 heteroatoms. The third-order valence-corrected chi connectivity index (χ3v) is 8.42. The van der Waals surface area contributed by atoms with E-state index >= 15 is 0 Å². The highest BCUT2D eigenvalue weighted by Gasteiger charge is 2.38. The van der Waals surface area contributed by atoms with Gasteiger partial charge in [-0.2, -0.15) is 5.10 Å². The molecule has 3 heterocycles. The maximum absolute atomic E-state index is 13.9. The van der Waals surface area contributed by atoms with Gasteiger partial charge >= 0.3 is 0 Å². The molecule has 1 aromatic heterocycles. The van der Waals surface area contributed by atoms with Gasteiger partial charge in [0.2, 0.25) is 18.6 Å². The van der Waals surface area contributed by atoms with Crippen LogP contribution in [-0.4, -0.2) is 54.3 Å². The Morgan fingerprint density at radius 3 is 2.57 bits per heavy atom. The Morgan fingerprint density at radius 2 is 1.83 bits per heavy atom. The van der Waals surface area contributed by atoms with Crippen LogP contribution in [0.1, 0.15) is 30.2 Å². The highest BCUT2D eigenvalue weighted by molar-refractivity contribution is 8.00. The summed E-state index contributed by atoms with van der Waals surface area (Å²) in [7, 11) is 1.62. The molecule has 2 aliphatic rings. The van der Waals surface area contributed by atoms with Gasteiger partial charge in [-0.3, -0.25) is 14.5 Å². The van der Waals surface area contributed by atoms with Crippen molar-refractivity contribution in [3.63, 3.8) is 0 Å². The number of thioether (sulfide) groups is 1. The summed E-state index contributed by atoms with van der Waals surface area (Å²) in [6.45, 7) is 4.64. The number of nitrogens with zero attached hydrogens (tertiary/aromatic N) is 3. The topological polar surface area (TPSA) is 94.9 Å². The molecule has 1 N–H and O–H groups in total. The van der Waals surface area contributed by atoms with Crippen molar-refractivity contribution < 1.29 is 23.8 Å². The lowest BCUT2D eigenvalue weighted by molar-refractivity contribution is -0.123. The van der Waals surface area contributed by atoms with Crippen LogP contribution in [0.4, 0.5) is 5.82 Å². The van der Waals surface area contributed by atoms with Gasteiger partial charge in [0, 0.05) is 17.7 Å². The SMILES string of the molecule is COc1ccc(-n2nc(-c3ccccc3)c3c2N(CC(=O)NCC(C)C)C(=O)CS[C@H]3c2ccc3c(c2)OCO3)cc1. The highest BCUT2D eigenvalue weighted by atomic mass is 32.2. The largest absolute Gasteiger partial charge is 0.497 e. The fraction of sp³-hybridized carbons (Fsp3) is 0.281. The number of ether oxygens (including phenoxy) is 3. The van der Waals surface area contributed by atoms with Gasteiger partial charge in [0.05, 0.1) is 29.5 Å². The quantitative estimate of drug-likeness (QED) is 0.304. The minimum Gasteiger partial charge on any atom is -0.497 e. The zero-order chi connectivity index (χ0) is 29.2. The lowest BCUT2D eigenvalue weighted by Crippen LogP contribution is -2.43. The van der Waals surface area contributed by atoms with Gasteiger partial charge in [-0.1, -0.05) is 50.2 Å². The second-order valence-corrected chi connectivity index (χ2v) is 11.6. The standard InChI is InChI=1S/C32H32N4O5S/c1-20(2)16-33-27(37)17-35-28(38)18-42-31(22-9-14-25-26(15-22)41-19-40-25)29-30(21-7-5-4-6-8-21)34-36(32(29)35)23-10-12-24(39-3)13-11-23/h4-15,20,31H,16-19H2,1-3H3,(H,33,37)/t31-/m0/s1. The van der Waals surface area contributed by atoms with Crippen molar-refractivity contribution in [2.24, 2.45) is 5.92 Å². The number of hydrogen-bond donors (Lipinski definition) is 1. The number of rotatable bonds is 8. The first kappa shape index (κ1) is 27.7. The number of amides is 2. The fourth-order valence-corrected chi connectivity index (χ4v) is 6.28. The van der Waals surface area contributed by atoms with Crippen molar-refractivity contribution in [1.29, 1.82) is 0 Å². The molecule has 0 radical (unpaired) electrons. The smallest absolute Gasteiger partial charge is 0.240 e. The summed E-state index contributed by atoms with van der Waals surface area (Å²) in [6, 6.07) is 23.3. The number of carbonyl (C=O) groups is 2. The van der Waals surface area contributed by atoms with Crippen molar-refractivity contribution in [3.8, 4) is 34.2 Å². The van der Waals surface area contributed by atoms with Crippen LogP contribution >= 0.6 is 11.8 Å². The molecule has 0 aliphatic carbocycles. The van der Waals surface area contributed by atoms with Crippen molar-refractivity contribution in [1.82, 2.24) is 15.1 Å². The van der Waals surface area contributed by atoms with Crippen molar-refractivity contribution in [2.45, 2.75) is 19.1 Å². The summed E-state index contributed by atoms with van der Waals surface area (Å²) in [5.41, 5.74) is 4.19. The number of fused-ring (bicyclic) bond motifs is 2. The maximum atomic E-state index is 13.9. The number of carbonyl (C=O) groups excluding carboxylic acids is 2. The van der Waals surface area contributed by atoms with Crippen molar-refractivity contribution in [3.05, 3.63) is 83.9 Å². The molecule has 2 amide bonds. The lowest BCUT2D eigenvalue weighted by atomic mass is 9.99. The molecule has 0 bridgehead atoms. The van der Waals surface area contributed by atoms with E-state index in [-0.39, 0.29) is 42.1 Å². The third kappa shape index (κ3) is 5.42. The summed E-state index contributed by atoms with van der Waals surface area (Å²) in [5.74, 6) is 2.70. The molecule has 42 heavy (non-hydrogen) atoms. The molecular formula is C32H32N4O5S. The molecule has 3 aromatic carbocycles. The average molecular weight is 585 g/mol.